The molecule has 1 aromatic carbocycles. The predicted octanol–water partition coefficient (Wildman–Crippen LogP) is 2.61. The number of fused-ring (bicyclic) bond motifs is 1. The maximum atomic E-state index is 12.1. The van der Waals surface area contributed by atoms with Crippen molar-refractivity contribution < 1.29 is 9.59 Å². The van der Waals surface area contributed by atoms with Crippen molar-refractivity contribution in [2.45, 2.75) is 26.8 Å². The topological polar surface area (TPSA) is 49.4 Å². The summed E-state index contributed by atoms with van der Waals surface area (Å²) in [6, 6.07) is 5.74. The summed E-state index contributed by atoms with van der Waals surface area (Å²) in [5.74, 6) is -0.551. The van der Waals surface area contributed by atoms with E-state index in [1.165, 1.54) is 0 Å². The Labute approximate surface area is 127 Å². The van der Waals surface area contributed by atoms with Crippen LogP contribution in [-0.4, -0.2) is 30.8 Å². The van der Waals surface area contributed by atoms with E-state index in [1.807, 2.05) is 6.07 Å². The summed E-state index contributed by atoms with van der Waals surface area (Å²) in [5.41, 5.74) is 1.22. The Morgan fingerprint density at radius 1 is 1.25 bits per heavy atom. The van der Waals surface area contributed by atoms with Crippen LogP contribution in [0.3, 0.4) is 0 Å². The molecule has 1 amide bonds. The first-order valence-electron chi connectivity index (χ1n) is 6.79. The number of halogens is 1. The third-order valence-electron chi connectivity index (χ3n) is 3.30. The number of Topliss-reactive ketones (excluding diaryl/α,β-unsaturated/α-hetero) is 1. The highest BCUT2D eigenvalue weighted by Crippen LogP contribution is 2.32. The van der Waals surface area contributed by atoms with Crippen LogP contribution >= 0.6 is 15.9 Å². The van der Waals surface area contributed by atoms with Crippen molar-refractivity contribution in [3.63, 3.8) is 0 Å². The minimum Gasteiger partial charge on any atom is -0.314 e. The molecular formula is C15H19BrN2O2. The second-order valence-corrected chi connectivity index (χ2v) is 6.49. The van der Waals surface area contributed by atoms with Crippen molar-refractivity contribution in [1.82, 2.24) is 5.32 Å². The number of hydrogen-bond donors (Lipinski definition) is 1. The summed E-state index contributed by atoms with van der Waals surface area (Å²) in [4.78, 5) is 25.6. The lowest BCUT2D eigenvalue weighted by Crippen LogP contribution is -2.38. The third-order valence-corrected chi connectivity index (χ3v) is 3.80. The molecule has 108 valence electrons. The van der Waals surface area contributed by atoms with Crippen molar-refractivity contribution >= 4 is 33.3 Å². The summed E-state index contributed by atoms with van der Waals surface area (Å²) < 4.78 is 0.872. The molecule has 1 heterocycles. The Bertz CT molecular complexity index is 543. The number of anilines is 1. The smallest absolute Gasteiger partial charge is 0.299 e. The second kappa shape index (κ2) is 6.06. The van der Waals surface area contributed by atoms with Crippen LogP contribution in [0.15, 0.2) is 22.7 Å². The van der Waals surface area contributed by atoms with Crippen molar-refractivity contribution in [2.24, 2.45) is 5.92 Å². The highest BCUT2D eigenvalue weighted by atomic mass is 79.9. The summed E-state index contributed by atoms with van der Waals surface area (Å²) in [5, 5.41) is 3.35. The molecule has 1 atom stereocenters. The van der Waals surface area contributed by atoms with Gasteiger partial charge in [0.25, 0.3) is 11.7 Å². The molecule has 1 unspecified atom stereocenters. The van der Waals surface area contributed by atoms with Crippen molar-refractivity contribution in [3.05, 3.63) is 28.2 Å². The fourth-order valence-corrected chi connectivity index (χ4v) is 2.61. The van der Waals surface area contributed by atoms with Crippen LogP contribution in [0.5, 0.6) is 0 Å². The fraction of sp³-hybridized carbons (Fsp3) is 0.467. The molecule has 1 N–H and O–H groups in total. The van der Waals surface area contributed by atoms with Crippen LogP contribution in [0.4, 0.5) is 5.69 Å². The SMILES string of the molecule is CC(CNC(C)C)CN1C(=O)C(=O)c2ccc(Br)cc21. The van der Waals surface area contributed by atoms with E-state index in [4.69, 9.17) is 0 Å². The molecule has 0 radical (unpaired) electrons. The molecule has 1 aromatic rings. The molecule has 0 aromatic heterocycles. The highest BCUT2D eigenvalue weighted by molar-refractivity contribution is 9.10. The van der Waals surface area contributed by atoms with E-state index in [-0.39, 0.29) is 5.92 Å². The Kier molecular flexibility index (Phi) is 4.60. The minimum atomic E-state index is -0.422. The molecule has 2 rings (SSSR count). The zero-order valence-corrected chi connectivity index (χ0v) is 13.5. The largest absolute Gasteiger partial charge is 0.314 e. The molecular weight excluding hydrogens is 320 g/mol. The van der Waals surface area contributed by atoms with Gasteiger partial charge >= 0.3 is 0 Å². The van der Waals surface area contributed by atoms with Gasteiger partial charge in [0.1, 0.15) is 0 Å². The molecule has 0 saturated carbocycles. The first-order chi connectivity index (χ1) is 9.40. The van der Waals surface area contributed by atoms with Crippen molar-refractivity contribution in [1.29, 1.82) is 0 Å². The molecule has 1 aliphatic heterocycles. The van der Waals surface area contributed by atoms with E-state index in [0.29, 0.717) is 23.8 Å². The number of amides is 1. The zero-order valence-electron chi connectivity index (χ0n) is 11.9. The average Bonchev–Trinajstić information content (AvgIpc) is 2.61. The number of ketones is 1. The lowest BCUT2D eigenvalue weighted by Gasteiger charge is -2.22. The molecule has 4 nitrogen and oxygen atoms in total. The number of nitrogens with zero attached hydrogens (tertiary/aromatic N) is 1. The van der Waals surface area contributed by atoms with Gasteiger partial charge in [-0.3, -0.25) is 9.59 Å². The zero-order chi connectivity index (χ0) is 14.9. The standard InChI is InChI=1S/C15H19BrN2O2/c1-9(2)17-7-10(3)8-18-13-6-11(16)4-5-12(13)14(19)15(18)20/h4-6,9-10,17H,7-8H2,1-3H3. The van der Waals surface area contributed by atoms with Crippen molar-refractivity contribution in [3.8, 4) is 0 Å². The summed E-state index contributed by atoms with van der Waals surface area (Å²) >= 11 is 3.39. The van der Waals surface area contributed by atoms with E-state index in [9.17, 15) is 9.59 Å². The number of carbonyl (C=O) groups excluding carboxylic acids is 2. The van der Waals surface area contributed by atoms with Gasteiger partial charge in [-0.1, -0.05) is 36.7 Å². The molecule has 0 bridgehead atoms. The Morgan fingerprint density at radius 3 is 2.60 bits per heavy atom. The van der Waals surface area contributed by atoms with Gasteiger partial charge in [0.2, 0.25) is 0 Å². The van der Waals surface area contributed by atoms with Gasteiger partial charge in [0.05, 0.1) is 11.3 Å². The summed E-state index contributed by atoms with van der Waals surface area (Å²) in [6.45, 7) is 7.61. The van der Waals surface area contributed by atoms with Gasteiger partial charge < -0.3 is 10.2 Å². The minimum absolute atomic E-state index is 0.277. The first-order valence-corrected chi connectivity index (χ1v) is 7.58. The van der Waals surface area contributed by atoms with E-state index < -0.39 is 11.7 Å². The lowest BCUT2D eigenvalue weighted by atomic mass is 10.1. The lowest BCUT2D eigenvalue weighted by molar-refractivity contribution is -0.114. The van der Waals surface area contributed by atoms with E-state index >= 15 is 0 Å². The molecule has 0 aliphatic carbocycles. The normalized spacial score (nSPS) is 15.9. The summed E-state index contributed by atoms with van der Waals surface area (Å²) in [6.07, 6.45) is 0. The third kappa shape index (κ3) is 3.10. The van der Waals surface area contributed by atoms with Crippen LogP contribution < -0.4 is 10.2 Å². The quantitative estimate of drug-likeness (QED) is 0.839. The highest BCUT2D eigenvalue weighted by Gasteiger charge is 2.36. The average molecular weight is 339 g/mol. The number of rotatable bonds is 5. The van der Waals surface area contributed by atoms with Crippen LogP contribution in [0, 0.1) is 5.92 Å². The molecule has 0 spiro atoms. The first kappa shape index (κ1) is 15.2. The summed E-state index contributed by atoms with van der Waals surface area (Å²) in [7, 11) is 0. The Hall–Kier alpha value is -1.20. The van der Waals surface area contributed by atoms with Gasteiger partial charge in [-0.25, -0.2) is 0 Å². The maximum absolute atomic E-state index is 12.1. The van der Waals surface area contributed by atoms with Gasteiger partial charge in [0.15, 0.2) is 0 Å². The second-order valence-electron chi connectivity index (χ2n) is 5.57. The molecule has 20 heavy (non-hydrogen) atoms. The fourth-order valence-electron chi connectivity index (χ4n) is 2.26. The van der Waals surface area contributed by atoms with Gasteiger partial charge in [-0.05, 0) is 30.7 Å². The van der Waals surface area contributed by atoms with Gasteiger partial charge in [-0.15, -0.1) is 0 Å². The Morgan fingerprint density at radius 2 is 1.95 bits per heavy atom. The maximum Gasteiger partial charge on any atom is 0.299 e. The number of carbonyl (C=O) groups is 2. The van der Waals surface area contributed by atoms with E-state index in [2.05, 4.69) is 42.0 Å². The van der Waals surface area contributed by atoms with E-state index in [0.717, 1.165) is 11.0 Å². The molecule has 5 heteroatoms. The molecule has 0 fully saturated rings. The van der Waals surface area contributed by atoms with Crippen LogP contribution in [-0.2, 0) is 4.79 Å². The van der Waals surface area contributed by atoms with Gasteiger partial charge in [0, 0.05) is 17.1 Å². The van der Waals surface area contributed by atoms with Gasteiger partial charge in [-0.2, -0.15) is 0 Å². The number of hydrogen-bond acceptors (Lipinski definition) is 3. The Balaban J connectivity index is 2.15. The van der Waals surface area contributed by atoms with Crippen LogP contribution in [0.1, 0.15) is 31.1 Å². The predicted molar refractivity (Wildman–Crippen MR) is 83.1 cm³/mol. The van der Waals surface area contributed by atoms with Crippen molar-refractivity contribution in [2.75, 3.05) is 18.0 Å². The molecule has 1 aliphatic rings. The number of benzene rings is 1. The van der Waals surface area contributed by atoms with Crippen LogP contribution in [0.2, 0.25) is 0 Å². The number of nitrogens with one attached hydrogen (secondary N) is 1. The van der Waals surface area contributed by atoms with E-state index in [1.54, 1.807) is 17.0 Å². The van der Waals surface area contributed by atoms with Crippen LogP contribution in [0.25, 0.3) is 0 Å². The molecule has 0 saturated heterocycles. The monoisotopic (exact) mass is 338 g/mol.